The molecule has 1 aliphatic carbocycles. The number of allylic oxidation sites excluding steroid dienone is 5. The highest BCUT2D eigenvalue weighted by atomic mass is 16.5. The molecule has 0 aromatic carbocycles. The molecule has 1 unspecified atom stereocenters. The zero-order valence-corrected chi connectivity index (χ0v) is 11.3. The van der Waals surface area contributed by atoms with Crippen molar-refractivity contribution in [3.63, 3.8) is 0 Å². The van der Waals surface area contributed by atoms with Crippen LogP contribution in [0.2, 0.25) is 0 Å². The quantitative estimate of drug-likeness (QED) is 0.824. The molecule has 0 saturated carbocycles. The number of aliphatic imine (C=N–C) groups is 1. The van der Waals surface area contributed by atoms with Crippen molar-refractivity contribution in [2.75, 3.05) is 7.11 Å². The van der Waals surface area contributed by atoms with Crippen LogP contribution in [0.15, 0.2) is 58.0 Å². The summed E-state index contributed by atoms with van der Waals surface area (Å²) in [6.07, 6.45) is 9.23. The monoisotopic (exact) mass is 263 g/mol. The minimum Gasteiger partial charge on any atom is -0.495 e. The lowest BCUT2D eigenvalue weighted by molar-refractivity contribution is 0.412. The van der Waals surface area contributed by atoms with Gasteiger partial charge in [-0.1, -0.05) is 12.2 Å². The van der Waals surface area contributed by atoms with Gasteiger partial charge in [0.1, 0.15) is 11.8 Å². The van der Waals surface area contributed by atoms with Gasteiger partial charge in [-0.05, 0) is 24.1 Å². The van der Waals surface area contributed by atoms with Crippen LogP contribution in [-0.2, 0) is 0 Å². The Hall–Kier alpha value is -2.67. The number of methoxy groups -OCH3 is 1. The molecule has 1 aromatic heterocycles. The van der Waals surface area contributed by atoms with Gasteiger partial charge < -0.3 is 4.74 Å². The van der Waals surface area contributed by atoms with Crippen LogP contribution < -0.4 is 4.74 Å². The van der Waals surface area contributed by atoms with E-state index in [1.54, 1.807) is 25.7 Å². The third kappa shape index (κ3) is 1.84. The topological polar surface area (TPSA) is 58.3 Å². The van der Waals surface area contributed by atoms with Crippen LogP contribution >= 0.6 is 0 Å². The zero-order valence-electron chi connectivity index (χ0n) is 11.3. The Balaban J connectivity index is 2.12. The van der Waals surface area contributed by atoms with Crippen LogP contribution in [-0.4, -0.2) is 18.3 Å². The molecule has 0 spiro atoms. The Morgan fingerprint density at radius 3 is 2.95 bits per heavy atom. The molecule has 20 heavy (non-hydrogen) atoms. The SMILES string of the molecule is COc1cncc(C2C=CC(C)=C3N=CC(C#N)=C32)c1. The van der Waals surface area contributed by atoms with Gasteiger partial charge in [0.25, 0.3) is 0 Å². The number of ether oxygens (including phenoxy) is 1. The van der Waals surface area contributed by atoms with Crippen LogP contribution in [0.3, 0.4) is 0 Å². The maximum atomic E-state index is 9.27. The minimum absolute atomic E-state index is 0.00606. The van der Waals surface area contributed by atoms with Gasteiger partial charge in [0.15, 0.2) is 0 Å². The molecule has 0 saturated heterocycles. The average molecular weight is 263 g/mol. The number of aromatic nitrogens is 1. The van der Waals surface area contributed by atoms with Crippen molar-refractivity contribution in [1.29, 1.82) is 5.26 Å². The summed E-state index contributed by atoms with van der Waals surface area (Å²) >= 11 is 0. The van der Waals surface area contributed by atoms with Crippen molar-refractivity contribution in [2.45, 2.75) is 12.8 Å². The second kappa shape index (κ2) is 4.78. The van der Waals surface area contributed by atoms with E-state index < -0.39 is 0 Å². The van der Waals surface area contributed by atoms with Crippen molar-refractivity contribution in [1.82, 2.24) is 4.98 Å². The summed E-state index contributed by atoms with van der Waals surface area (Å²) in [5, 5.41) is 9.27. The average Bonchev–Trinajstić information content (AvgIpc) is 2.92. The van der Waals surface area contributed by atoms with E-state index >= 15 is 0 Å². The van der Waals surface area contributed by atoms with Gasteiger partial charge in [0, 0.05) is 23.9 Å². The third-order valence-electron chi connectivity index (χ3n) is 3.54. The van der Waals surface area contributed by atoms with Crippen molar-refractivity contribution < 1.29 is 4.74 Å². The zero-order chi connectivity index (χ0) is 14.1. The largest absolute Gasteiger partial charge is 0.495 e. The van der Waals surface area contributed by atoms with Crippen LogP contribution in [0.4, 0.5) is 0 Å². The summed E-state index contributed by atoms with van der Waals surface area (Å²) in [4.78, 5) is 8.56. The summed E-state index contributed by atoms with van der Waals surface area (Å²) < 4.78 is 5.22. The predicted molar refractivity (Wildman–Crippen MR) is 76.5 cm³/mol. The van der Waals surface area contributed by atoms with Crippen LogP contribution in [0.1, 0.15) is 18.4 Å². The molecule has 2 heterocycles. The number of hydrogen-bond donors (Lipinski definition) is 0. The van der Waals surface area contributed by atoms with Crippen LogP contribution in [0, 0.1) is 11.3 Å². The summed E-state index contributed by atoms with van der Waals surface area (Å²) in [7, 11) is 1.62. The van der Waals surface area contributed by atoms with Crippen molar-refractivity contribution >= 4 is 6.21 Å². The van der Waals surface area contributed by atoms with Gasteiger partial charge in [-0.15, -0.1) is 0 Å². The first-order valence-corrected chi connectivity index (χ1v) is 6.31. The molecule has 1 aromatic rings. The van der Waals surface area contributed by atoms with Gasteiger partial charge in [-0.3, -0.25) is 9.98 Å². The Morgan fingerprint density at radius 2 is 2.20 bits per heavy atom. The summed E-state index contributed by atoms with van der Waals surface area (Å²) in [5.41, 5.74) is 4.56. The molecule has 1 aliphatic heterocycles. The van der Waals surface area contributed by atoms with E-state index in [1.807, 2.05) is 19.1 Å². The van der Waals surface area contributed by atoms with Gasteiger partial charge in [-0.25, -0.2) is 0 Å². The summed E-state index contributed by atoms with van der Waals surface area (Å²) in [5.74, 6) is 0.704. The van der Waals surface area contributed by atoms with Gasteiger partial charge in [0.2, 0.25) is 0 Å². The number of pyridine rings is 1. The molecular weight excluding hydrogens is 250 g/mol. The van der Waals surface area contributed by atoms with E-state index in [4.69, 9.17) is 4.74 Å². The second-order valence-electron chi connectivity index (χ2n) is 4.72. The molecule has 1 atom stereocenters. The maximum absolute atomic E-state index is 9.27. The number of nitriles is 1. The van der Waals surface area contributed by atoms with E-state index in [9.17, 15) is 5.26 Å². The number of nitrogens with zero attached hydrogens (tertiary/aromatic N) is 3. The molecule has 0 N–H and O–H groups in total. The Bertz CT molecular complexity index is 732. The first kappa shape index (κ1) is 12.4. The van der Waals surface area contributed by atoms with Crippen LogP contribution in [0.5, 0.6) is 5.75 Å². The number of rotatable bonds is 2. The lowest BCUT2D eigenvalue weighted by atomic mass is 9.83. The summed E-state index contributed by atoms with van der Waals surface area (Å²) in [6, 6.07) is 4.17. The van der Waals surface area contributed by atoms with E-state index in [0.29, 0.717) is 11.3 Å². The van der Waals surface area contributed by atoms with Gasteiger partial charge in [0.05, 0.1) is 24.6 Å². The Labute approximate surface area is 117 Å². The molecule has 4 nitrogen and oxygen atoms in total. The van der Waals surface area contributed by atoms with Gasteiger partial charge in [-0.2, -0.15) is 5.26 Å². The van der Waals surface area contributed by atoms with E-state index in [-0.39, 0.29) is 5.92 Å². The molecule has 98 valence electrons. The molecule has 0 fully saturated rings. The molecule has 0 bridgehead atoms. The van der Waals surface area contributed by atoms with Crippen molar-refractivity contribution in [3.05, 3.63) is 58.6 Å². The molecule has 0 radical (unpaired) electrons. The molecule has 0 amide bonds. The first-order valence-electron chi connectivity index (χ1n) is 6.31. The highest BCUT2D eigenvalue weighted by Crippen LogP contribution is 2.41. The Kier molecular flexibility index (Phi) is 2.96. The Morgan fingerprint density at radius 1 is 1.35 bits per heavy atom. The molecule has 3 rings (SSSR count). The normalized spacial score (nSPS) is 20.1. The minimum atomic E-state index is -0.00606. The van der Waals surface area contributed by atoms with E-state index in [2.05, 4.69) is 22.1 Å². The number of fused-ring (bicyclic) bond motifs is 1. The van der Waals surface area contributed by atoms with Crippen molar-refractivity contribution in [2.24, 2.45) is 4.99 Å². The van der Waals surface area contributed by atoms with Crippen LogP contribution in [0.25, 0.3) is 0 Å². The fraction of sp³-hybridized carbons (Fsp3) is 0.188. The van der Waals surface area contributed by atoms with Gasteiger partial charge >= 0.3 is 0 Å². The number of hydrogen-bond acceptors (Lipinski definition) is 4. The van der Waals surface area contributed by atoms with E-state index in [0.717, 1.165) is 22.4 Å². The fourth-order valence-electron chi connectivity index (χ4n) is 2.52. The maximum Gasteiger partial charge on any atom is 0.137 e. The van der Waals surface area contributed by atoms with E-state index in [1.165, 1.54) is 0 Å². The second-order valence-corrected chi connectivity index (χ2v) is 4.72. The molecular formula is C16H13N3O. The lowest BCUT2D eigenvalue weighted by Crippen LogP contribution is -2.07. The third-order valence-corrected chi connectivity index (χ3v) is 3.54. The highest BCUT2D eigenvalue weighted by molar-refractivity contribution is 5.92. The van der Waals surface area contributed by atoms with Crippen molar-refractivity contribution in [3.8, 4) is 11.8 Å². The highest BCUT2D eigenvalue weighted by Gasteiger charge is 2.28. The smallest absolute Gasteiger partial charge is 0.137 e. The predicted octanol–water partition coefficient (Wildman–Crippen LogP) is 2.92. The standard InChI is InChI=1S/C16H13N3O/c1-10-3-4-14(11-5-13(20-2)9-18-7-11)15-12(6-17)8-19-16(10)15/h3-5,7-9,14H,1-2H3. The molecule has 4 heteroatoms. The lowest BCUT2D eigenvalue weighted by Gasteiger charge is -2.21. The summed E-state index contributed by atoms with van der Waals surface area (Å²) in [6.45, 7) is 2.00. The molecule has 2 aliphatic rings. The first-order chi connectivity index (χ1) is 9.74. The fourth-order valence-corrected chi connectivity index (χ4v) is 2.52.